The van der Waals surface area contributed by atoms with Crippen LogP contribution in [0.15, 0.2) is 83.8 Å². The van der Waals surface area contributed by atoms with Crippen molar-refractivity contribution in [3.63, 3.8) is 0 Å². The molecule has 0 fully saturated rings. The summed E-state index contributed by atoms with van der Waals surface area (Å²) in [4.78, 5) is 39.5. The summed E-state index contributed by atoms with van der Waals surface area (Å²) < 4.78 is 28.5. The SMILES string of the molecule is CC[C@H](C(=O)NC(C)(C)C)N(Cc1ccc(Cl)cc1)C(=O)CN(c1cccc([N+](=O)[O-])c1)S(=O)(=O)c1ccccc1. The number of sulfonamides is 1. The molecule has 1 atom stereocenters. The van der Waals surface area contributed by atoms with Gasteiger partial charge < -0.3 is 10.2 Å². The molecule has 41 heavy (non-hydrogen) atoms. The fourth-order valence-electron chi connectivity index (χ4n) is 4.17. The minimum atomic E-state index is -4.34. The van der Waals surface area contributed by atoms with Crippen molar-refractivity contribution in [2.24, 2.45) is 0 Å². The van der Waals surface area contributed by atoms with Gasteiger partial charge in [-0.05, 0) is 63.1 Å². The Balaban J connectivity index is 2.10. The van der Waals surface area contributed by atoms with Crippen molar-refractivity contribution in [1.82, 2.24) is 10.2 Å². The number of nitro benzene ring substituents is 1. The third-order valence-corrected chi connectivity index (χ3v) is 8.13. The molecule has 0 aliphatic heterocycles. The summed E-state index contributed by atoms with van der Waals surface area (Å²) in [6, 6.07) is 18.4. The lowest BCUT2D eigenvalue weighted by Crippen LogP contribution is -2.55. The van der Waals surface area contributed by atoms with Crippen LogP contribution in [0.2, 0.25) is 5.02 Å². The van der Waals surface area contributed by atoms with E-state index < -0.39 is 44.9 Å². The van der Waals surface area contributed by atoms with Crippen molar-refractivity contribution in [1.29, 1.82) is 0 Å². The van der Waals surface area contributed by atoms with Gasteiger partial charge in [-0.3, -0.25) is 24.0 Å². The molecule has 12 heteroatoms. The van der Waals surface area contributed by atoms with Gasteiger partial charge in [0.2, 0.25) is 11.8 Å². The predicted octanol–water partition coefficient (Wildman–Crippen LogP) is 5.17. The van der Waals surface area contributed by atoms with Gasteiger partial charge in [0.05, 0.1) is 15.5 Å². The van der Waals surface area contributed by atoms with Gasteiger partial charge in [-0.1, -0.05) is 54.9 Å². The molecular formula is C29H33ClN4O6S. The van der Waals surface area contributed by atoms with Crippen molar-refractivity contribution in [2.45, 2.75) is 57.1 Å². The number of hydrogen-bond donors (Lipinski definition) is 1. The minimum absolute atomic E-state index is 0.000232. The summed E-state index contributed by atoms with van der Waals surface area (Å²) in [5.41, 5.74) is -0.296. The van der Waals surface area contributed by atoms with Crippen LogP contribution in [0.25, 0.3) is 0 Å². The molecule has 218 valence electrons. The van der Waals surface area contributed by atoms with Crippen LogP contribution in [0.4, 0.5) is 11.4 Å². The van der Waals surface area contributed by atoms with Gasteiger partial charge in [-0.2, -0.15) is 0 Å². The average molecular weight is 601 g/mol. The number of amides is 2. The molecule has 0 aromatic heterocycles. The summed E-state index contributed by atoms with van der Waals surface area (Å²) in [5.74, 6) is -1.06. The number of hydrogen-bond acceptors (Lipinski definition) is 6. The van der Waals surface area contributed by atoms with E-state index in [1.54, 1.807) is 37.3 Å². The van der Waals surface area contributed by atoms with E-state index in [2.05, 4.69) is 5.32 Å². The van der Waals surface area contributed by atoms with Crippen LogP contribution < -0.4 is 9.62 Å². The number of non-ortho nitro benzene ring substituents is 1. The first-order chi connectivity index (χ1) is 19.2. The number of nitro groups is 1. The fourth-order valence-corrected chi connectivity index (χ4v) is 5.72. The molecule has 0 heterocycles. The van der Waals surface area contributed by atoms with E-state index in [0.717, 1.165) is 10.4 Å². The molecule has 2 amide bonds. The molecule has 0 spiro atoms. The summed E-state index contributed by atoms with van der Waals surface area (Å²) >= 11 is 6.04. The minimum Gasteiger partial charge on any atom is -0.350 e. The Labute approximate surface area is 245 Å². The molecule has 3 aromatic carbocycles. The normalized spacial score (nSPS) is 12.3. The van der Waals surface area contributed by atoms with E-state index in [9.17, 15) is 28.1 Å². The number of anilines is 1. The van der Waals surface area contributed by atoms with Crippen LogP contribution in [-0.4, -0.2) is 48.2 Å². The molecule has 0 aliphatic rings. The van der Waals surface area contributed by atoms with Crippen LogP contribution in [0.1, 0.15) is 39.7 Å². The molecule has 10 nitrogen and oxygen atoms in total. The highest BCUT2D eigenvalue weighted by atomic mass is 35.5. The Bertz CT molecular complexity index is 1490. The number of nitrogens with one attached hydrogen (secondary N) is 1. The van der Waals surface area contributed by atoms with Crippen molar-refractivity contribution < 1.29 is 22.9 Å². The topological polar surface area (TPSA) is 130 Å². The second-order valence-corrected chi connectivity index (χ2v) is 12.7. The zero-order valence-electron chi connectivity index (χ0n) is 23.3. The Morgan fingerprint density at radius 3 is 2.20 bits per heavy atom. The molecule has 0 saturated carbocycles. The van der Waals surface area contributed by atoms with E-state index in [1.807, 2.05) is 20.8 Å². The number of carbonyl (C=O) groups excluding carboxylic acids is 2. The third-order valence-electron chi connectivity index (χ3n) is 6.09. The molecule has 0 bridgehead atoms. The quantitative estimate of drug-likeness (QED) is 0.239. The molecular weight excluding hydrogens is 568 g/mol. The molecule has 3 aromatic rings. The van der Waals surface area contributed by atoms with Crippen molar-refractivity contribution in [3.8, 4) is 0 Å². The van der Waals surface area contributed by atoms with Crippen LogP contribution in [0.3, 0.4) is 0 Å². The number of nitrogens with zero attached hydrogens (tertiary/aromatic N) is 3. The van der Waals surface area contributed by atoms with Gasteiger partial charge >= 0.3 is 0 Å². The fraction of sp³-hybridized carbons (Fsp3) is 0.310. The molecule has 0 aliphatic carbocycles. The van der Waals surface area contributed by atoms with Crippen LogP contribution in [-0.2, 0) is 26.2 Å². The maximum absolute atomic E-state index is 14.0. The maximum atomic E-state index is 14.0. The Hall–Kier alpha value is -3.96. The van der Waals surface area contributed by atoms with E-state index in [4.69, 9.17) is 11.6 Å². The number of rotatable bonds is 11. The van der Waals surface area contributed by atoms with E-state index in [0.29, 0.717) is 10.6 Å². The molecule has 1 N–H and O–H groups in total. The zero-order valence-corrected chi connectivity index (χ0v) is 24.9. The number of carbonyl (C=O) groups is 2. The first-order valence-corrected chi connectivity index (χ1v) is 14.7. The van der Waals surface area contributed by atoms with Crippen molar-refractivity contribution >= 4 is 44.8 Å². The first-order valence-electron chi connectivity index (χ1n) is 12.9. The lowest BCUT2D eigenvalue weighted by Gasteiger charge is -2.34. The Morgan fingerprint density at radius 2 is 1.63 bits per heavy atom. The average Bonchev–Trinajstić information content (AvgIpc) is 2.92. The standard InChI is InChI=1S/C29H33ClN4O6S/c1-5-26(28(36)31-29(2,3)4)32(19-21-14-16-22(30)17-15-21)27(35)20-33(23-10-9-11-24(18-23)34(37)38)41(39,40)25-12-7-6-8-13-25/h6-18,26H,5,19-20H2,1-4H3,(H,31,36)/t26-/m1/s1. The third kappa shape index (κ3) is 8.27. The monoisotopic (exact) mass is 600 g/mol. The van der Waals surface area contributed by atoms with Crippen LogP contribution in [0, 0.1) is 10.1 Å². The largest absolute Gasteiger partial charge is 0.350 e. The summed E-state index contributed by atoms with van der Waals surface area (Å²) in [6.07, 6.45) is 0.253. The van der Waals surface area contributed by atoms with Gasteiger partial charge in [0.25, 0.3) is 15.7 Å². The highest BCUT2D eigenvalue weighted by molar-refractivity contribution is 7.92. The molecule has 0 unspecified atom stereocenters. The van der Waals surface area contributed by atoms with Crippen LogP contribution in [0.5, 0.6) is 0 Å². The highest BCUT2D eigenvalue weighted by Gasteiger charge is 2.35. The number of benzene rings is 3. The van der Waals surface area contributed by atoms with E-state index >= 15 is 0 Å². The predicted molar refractivity (Wildman–Crippen MR) is 158 cm³/mol. The van der Waals surface area contributed by atoms with E-state index in [1.165, 1.54) is 47.4 Å². The Kier molecular flexibility index (Phi) is 10.1. The summed E-state index contributed by atoms with van der Waals surface area (Å²) in [7, 11) is -4.34. The van der Waals surface area contributed by atoms with Crippen molar-refractivity contribution in [2.75, 3.05) is 10.8 Å². The second kappa shape index (κ2) is 13.1. The van der Waals surface area contributed by atoms with Gasteiger partial charge in [-0.15, -0.1) is 0 Å². The molecule has 0 radical (unpaired) electrons. The highest BCUT2D eigenvalue weighted by Crippen LogP contribution is 2.28. The lowest BCUT2D eigenvalue weighted by molar-refractivity contribution is -0.384. The van der Waals surface area contributed by atoms with Gasteiger partial charge in [0.1, 0.15) is 12.6 Å². The Morgan fingerprint density at radius 1 is 1.00 bits per heavy atom. The smallest absolute Gasteiger partial charge is 0.271 e. The van der Waals surface area contributed by atoms with Gasteiger partial charge in [0.15, 0.2) is 0 Å². The zero-order chi connectivity index (χ0) is 30.4. The second-order valence-electron chi connectivity index (χ2n) is 10.4. The van der Waals surface area contributed by atoms with Gasteiger partial charge in [0, 0.05) is 29.2 Å². The maximum Gasteiger partial charge on any atom is 0.271 e. The first kappa shape index (κ1) is 31.6. The lowest BCUT2D eigenvalue weighted by atomic mass is 10.1. The molecule has 0 saturated heterocycles. The van der Waals surface area contributed by atoms with Crippen molar-refractivity contribution in [3.05, 3.63) is 99.6 Å². The number of halogens is 1. The van der Waals surface area contributed by atoms with Crippen LogP contribution >= 0.6 is 11.6 Å². The summed E-state index contributed by atoms with van der Waals surface area (Å²) in [6.45, 7) is 6.51. The van der Waals surface area contributed by atoms with Gasteiger partial charge in [-0.25, -0.2) is 8.42 Å². The van der Waals surface area contributed by atoms with E-state index in [-0.39, 0.29) is 29.2 Å². The molecule has 3 rings (SSSR count). The summed E-state index contributed by atoms with van der Waals surface area (Å²) in [5, 5.41) is 14.9.